The first kappa shape index (κ1) is 17.0. The van der Waals surface area contributed by atoms with Crippen LogP contribution in [-0.2, 0) is 4.74 Å². The van der Waals surface area contributed by atoms with E-state index >= 15 is 0 Å². The number of ether oxygens (including phenoxy) is 3. The Morgan fingerprint density at radius 1 is 1.12 bits per heavy atom. The molecule has 7 heteroatoms. The highest BCUT2D eigenvalue weighted by Crippen LogP contribution is 2.23. The summed E-state index contributed by atoms with van der Waals surface area (Å²) in [6, 6.07) is 8.77. The highest BCUT2D eigenvalue weighted by molar-refractivity contribution is 6.04. The summed E-state index contributed by atoms with van der Waals surface area (Å²) in [5, 5.41) is 2.84. The summed E-state index contributed by atoms with van der Waals surface area (Å²) in [6.07, 6.45) is 1.65. The lowest BCUT2D eigenvalue weighted by Gasteiger charge is -2.27. The largest absolute Gasteiger partial charge is 0.497 e. The summed E-state index contributed by atoms with van der Waals surface area (Å²) in [4.78, 5) is 19.0. The smallest absolute Gasteiger partial charge is 0.255 e. The van der Waals surface area contributed by atoms with E-state index in [9.17, 15) is 4.79 Å². The molecule has 0 unspecified atom stereocenters. The molecular weight excluding hydrogens is 322 g/mol. The van der Waals surface area contributed by atoms with E-state index in [2.05, 4.69) is 15.2 Å². The maximum atomic E-state index is 12.5. The van der Waals surface area contributed by atoms with Crippen molar-refractivity contribution >= 4 is 17.4 Å². The Bertz CT molecular complexity index is 705. The Morgan fingerprint density at radius 3 is 2.36 bits per heavy atom. The predicted octanol–water partition coefficient (Wildman–Crippen LogP) is 2.19. The van der Waals surface area contributed by atoms with Crippen LogP contribution in [0.4, 0.5) is 11.5 Å². The molecule has 25 heavy (non-hydrogen) atoms. The summed E-state index contributed by atoms with van der Waals surface area (Å²) in [6.45, 7) is 3.06. The van der Waals surface area contributed by atoms with Gasteiger partial charge in [0.15, 0.2) is 0 Å². The Labute approximate surface area is 146 Å². The Balaban J connectivity index is 1.70. The van der Waals surface area contributed by atoms with Crippen LogP contribution in [0.2, 0.25) is 0 Å². The zero-order valence-electron chi connectivity index (χ0n) is 14.3. The fourth-order valence-corrected chi connectivity index (χ4v) is 2.58. The zero-order valence-corrected chi connectivity index (χ0v) is 14.3. The second-order valence-corrected chi connectivity index (χ2v) is 5.56. The minimum Gasteiger partial charge on any atom is -0.497 e. The van der Waals surface area contributed by atoms with Gasteiger partial charge in [0.1, 0.15) is 17.3 Å². The molecule has 1 aromatic carbocycles. The summed E-state index contributed by atoms with van der Waals surface area (Å²) in [5.74, 6) is 1.75. The topological polar surface area (TPSA) is 72.9 Å². The number of amides is 1. The molecule has 0 spiro atoms. The van der Waals surface area contributed by atoms with Crippen molar-refractivity contribution in [2.45, 2.75) is 0 Å². The lowest BCUT2D eigenvalue weighted by molar-refractivity contribution is 0.102. The first-order valence-electron chi connectivity index (χ1n) is 8.03. The highest BCUT2D eigenvalue weighted by Gasteiger charge is 2.13. The molecule has 0 saturated carbocycles. The number of nitrogens with one attached hydrogen (secondary N) is 1. The fourth-order valence-electron chi connectivity index (χ4n) is 2.58. The molecule has 3 rings (SSSR count). The van der Waals surface area contributed by atoms with Crippen molar-refractivity contribution in [1.29, 1.82) is 0 Å². The monoisotopic (exact) mass is 343 g/mol. The molecule has 2 aromatic rings. The van der Waals surface area contributed by atoms with Gasteiger partial charge in [-0.25, -0.2) is 4.98 Å². The molecule has 1 N–H and O–H groups in total. The van der Waals surface area contributed by atoms with Crippen LogP contribution in [0, 0.1) is 0 Å². The highest BCUT2D eigenvalue weighted by atomic mass is 16.5. The van der Waals surface area contributed by atoms with Crippen LogP contribution in [0.1, 0.15) is 10.4 Å². The molecule has 0 radical (unpaired) electrons. The maximum absolute atomic E-state index is 12.5. The molecule has 0 atom stereocenters. The Hall–Kier alpha value is -2.80. The average Bonchev–Trinajstić information content (AvgIpc) is 2.68. The number of aromatic nitrogens is 1. The Morgan fingerprint density at radius 2 is 1.80 bits per heavy atom. The molecule has 7 nitrogen and oxygen atoms in total. The number of anilines is 2. The van der Waals surface area contributed by atoms with E-state index in [1.165, 1.54) is 0 Å². The molecular formula is C18H21N3O4. The van der Waals surface area contributed by atoms with Gasteiger partial charge in [0, 0.05) is 24.7 Å². The Kier molecular flexibility index (Phi) is 5.35. The molecule has 0 bridgehead atoms. The number of carbonyl (C=O) groups excluding carboxylic acids is 1. The fraction of sp³-hybridized carbons (Fsp3) is 0.333. The van der Waals surface area contributed by atoms with Crippen molar-refractivity contribution in [3.8, 4) is 11.5 Å². The van der Waals surface area contributed by atoms with Gasteiger partial charge in [0.25, 0.3) is 5.91 Å². The number of hydrogen-bond donors (Lipinski definition) is 1. The van der Waals surface area contributed by atoms with Crippen LogP contribution in [-0.4, -0.2) is 51.4 Å². The van der Waals surface area contributed by atoms with Crippen LogP contribution in [0.3, 0.4) is 0 Å². The van der Waals surface area contributed by atoms with Crippen molar-refractivity contribution < 1.29 is 19.0 Å². The molecule has 1 aliphatic heterocycles. The predicted molar refractivity (Wildman–Crippen MR) is 94.8 cm³/mol. The number of hydrogen-bond acceptors (Lipinski definition) is 6. The number of nitrogens with zero attached hydrogens (tertiary/aromatic N) is 2. The second kappa shape index (κ2) is 7.85. The molecule has 1 saturated heterocycles. The van der Waals surface area contributed by atoms with E-state index in [-0.39, 0.29) is 5.91 Å². The molecule has 2 heterocycles. The van der Waals surface area contributed by atoms with Gasteiger partial charge in [0.2, 0.25) is 0 Å². The van der Waals surface area contributed by atoms with Gasteiger partial charge in [-0.2, -0.15) is 0 Å². The third-order valence-electron chi connectivity index (χ3n) is 3.95. The lowest BCUT2D eigenvalue weighted by atomic mass is 10.2. The summed E-state index contributed by atoms with van der Waals surface area (Å²) in [5.41, 5.74) is 1.08. The van der Waals surface area contributed by atoms with Crippen LogP contribution < -0.4 is 19.7 Å². The van der Waals surface area contributed by atoms with Crippen molar-refractivity contribution in [2.75, 3.05) is 50.7 Å². The van der Waals surface area contributed by atoms with Gasteiger partial charge in [-0.15, -0.1) is 0 Å². The van der Waals surface area contributed by atoms with E-state index in [1.807, 2.05) is 12.1 Å². The van der Waals surface area contributed by atoms with Crippen LogP contribution in [0.5, 0.6) is 11.5 Å². The molecule has 1 amide bonds. The number of benzene rings is 1. The van der Waals surface area contributed by atoms with Crippen LogP contribution in [0.25, 0.3) is 0 Å². The quantitative estimate of drug-likeness (QED) is 0.897. The van der Waals surface area contributed by atoms with Crippen molar-refractivity contribution in [1.82, 2.24) is 4.98 Å². The first-order chi connectivity index (χ1) is 12.2. The normalized spacial score (nSPS) is 14.1. The standard InChI is InChI=1S/C18H21N3O4/c1-23-15-9-13(10-16(11-15)24-2)18(22)20-14-3-4-17(19-12-14)21-5-7-25-8-6-21/h3-4,9-12H,5-8H2,1-2H3,(H,20,22). The minimum absolute atomic E-state index is 0.252. The van der Waals surface area contributed by atoms with Gasteiger partial charge in [-0.05, 0) is 24.3 Å². The van der Waals surface area contributed by atoms with Crippen molar-refractivity contribution in [3.63, 3.8) is 0 Å². The molecule has 1 fully saturated rings. The van der Waals surface area contributed by atoms with Gasteiger partial charge in [0.05, 0.1) is 39.3 Å². The number of pyridine rings is 1. The summed E-state index contributed by atoms with van der Waals surface area (Å²) < 4.78 is 15.7. The third kappa shape index (κ3) is 4.19. The van der Waals surface area contributed by atoms with E-state index in [0.717, 1.165) is 18.9 Å². The number of methoxy groups -OCH3 is 2. The number of carbonyl (C=O) groups is 1. The van der Waals surface area contributed by atoms with Crippen molar-refractivity contribution in [2.24, 2.45) is 0 Å². The summed E-state index contributed by atoms with van der Waals surface area (Å²) >= 11 is 0. The van der Waals surface area contributed by atoms with Gasteiger partial charge in [-0.3, -0.25) is 4.79 Å². The van der Waals surface area contributed by atoms with Crippen LogP contribution >= 0.6 is 0 Å². The maximum Gasteiger partial charge on any atom is 0.255 e. The first-order valence-corrected chi connectivity index (χ1v) is 8.03. The third-order valence-corrected chi connectivity index (χ3v) is 3.95. The SMILES string of the molecule is COc1cc(OC)cc(C(=O)Nc2ccc(N3CCOCC3)nc2)c1. The van der Waals surface area contributed by atoms with Gasteiger partial charge in [-0.1, -0.05) is 0 Å². The minimum atomic E-state index is -0.252. The number of rotatable bonds is 5. The van der Waals surface area contributed by atoms with E-state index in [0.29, 0.717) is 36.0 Å². The zero-order chi connectivity index (χ0) is 17.6. The van der Waals surface area contributed by atoms with Crippen LogP contribution in [0.15, 0.2) is 36.5 Å². The van der Waals surface area contributed by atoms with Gasteiger partial charge >= 0.3 is 0 Å². The average molecular weight is 343 g/mol. The molecule has 1 aromatic heterocycles. The molecule has 0 aliphatic carbocycles. The van der Waals surface area contributed by atoms with E-state index < -0.39 is 0 Å². The molecule has 132 valence electrons. The van der Waals surface area contributed by atoms with Gasteiger partial charge < -0.3 is 24.4 Å². The van der Waals surface area contributed by atoms with Crippen molar-refractivity contribution in [3.05, 3.63) is 42.1 Å². The second-order valence-electron chi connectivity index (χ2n) is 5.56. The lowest BCUT2D eigenvalue weighted by Crippen LogP contribution is -2.36. The van der Waals surface area contributed by atoms with E-state index in [1.54, 1.807) is 38.6 Å². The summed E-state index contributed by atoms with van der Waals surface area (Å²) in [7, 11) is 3.09. The van der Waals surface area contributed by atoms with E-state index in [4.69, 9.17) is 14.2 Å². The number of morpholine rings is 1. The molecule has 1 aliphatic rings.